The summed E-state index contributed by atoms with van der Waals surface area (Å²) in [6, 6.07) is 4.63. The lowest BCUT2D eigenvalue weighted by Gasteiger charge is -2.37. The van der Waals surface area contributed by atoms with Crippen molar-refractivity contribution in [3.8, 4) is 11.5 Å². The molecule has 104 valence electrons. The van der Waals surface area contributed by atoms with Crippen LogP contribution in [0.15, 0.2) is 23.2 Å². The summed E-state index contributed by atoms with van der Waals surface area (Å²) in [5, 5.41) is 19.3. The van der Waals surface area contributed by atoms with E-state index in [9.17, 15) is 10.2 Å². The van der Waals surface area contributed by atoms with Crippen molar-refractivity contribution in [2.24, 2.45) is 16.6 Å². The molecule has 0 aliphatic carbocycles. The highest BCUT2D eigenvalue weighted by atomic mass is 16.3. The fourth-order valence-electron chi connectivity index (χ4n) is 2.47. The van der Waals surface area contributed by atoms with Gasteiger partial charge < -0.3 is 20.8 Å². The molecule has 0 aromatic heterocycles. The number of phenolic OH excluding ortho intramolecular Hbond substituents is 2. The third kappa shape index (κ3) is 2.45. The molecule has 2 rings (SSSR count). The molecule has 5 heteroatoms. The third-order valence-corrected chi connectivity index (χ3v) is 3.49. The molecule has 1 aliphatic rings. The van der Waals surface area contributed by atoms with Crippen LogP contribution < -0.4 is 5.73 Å². The summed E-state index contributed by atoms with van der Waals surface area (Å²) in [6.07, 6.45) is 0. The van der Waals surface area contributed by atoms with Gasteiger partial charge in [-0.05, 0) is 30.5 Å². The van der Waals surface area contributed by atoms with E-state index in [-0.39, 0.29) is 11.5 Å². The number of aliphatic imine (C=N–C) groups is 1. The third-order valence-electron chi connectivity index (χ3n) is 3.49. The number of aromatic hydroxyl groups is 2. The lowest BCUT2D eigenvalue weighted by Crippen LogP contribution is -2.48. The summed E-state index contributed by atoms with van der Waals surface area (Å²) in [5.74, 6) is 1.05. The van der Waals surface area contributed by atoms with E-state index in [0.717, 1.165) is 12.1 Å². The zero-order valence-corrected chi connectivity index (χ0v) is 11.6. The first kappa shape index (κ1) is 13.5. The number of hydrogen-bond donors (Lipinski definition) is 3. The van der Waals surface area contributed by atoms with Crippen LogP contribution in [0.3, 0.4) is 0 Å². The smallest absolute Gasteiger partial charge is 0.192 e. The standard InChI is InChI=1S/C14H21N3O2/c1-9(2)7-17-13(15)16-8-14(17,3)10-4-11(18)6-12(19)5-10/h4-6,9,18-19H,7-8H2,1-3H3,(H2,15,16). The van der Waals surface area contributed by atoms with Crippen LogP contribution in [-0.4, -0.2) is 34.2 Å². The van der Waals surface area contributed by atoms with Crippen molar-refractivity contribution in [2.45, 2.75) is 26.3 Å². The van der Waals surface area contributed by atoms with Gasteiger partial charge in [0.25, 0.3) is 0 Å². The summed E-state index contributed by atoms with van der Waals surface area (Å²) in [5.41, 5.74) is 6.36. The molecule has 0 fully saturated rings. The summed E-state index contributed by atoms with van der Waals surface area (Å²) in [4.78, 5) is 6.35. The van der Waals surface area contributed by atoms with E-state index in [0.29, 0.717) is 18.4 Å². The minimum Gasteiger partial charge on any atom is -0.508 e. The monoisotopic (exact) mass is 263 g/mol. The normalized spacial score (nSPS) is 22.9. The van der Waals surface area contributed by atoms with Crippen molar-refractivity contribution >= 4 is 5.96 Å². The van der Waals surface area contributed by atoms with Crippen molar-refractivity contribution in [1.29, 1.82) is 0 Å². The topological polar surface area (TPSA) is 82.1 Å². The maximum absolute atomic E-state index is 9.66. The maximum atomic E-state index is 9.66. The molecule has 1 aliphatic heterocycles. The number of rotatable bonds is 3. The second-order valence-electron chi connectivity index (χ2n) is 5.69. The first-order valence-corrected chi connectivity index (χ1v) is 6.44. The fourth-order valence-corrected chi connectivity index (χ4v) is 2.47. The molecule has 1 heterocycles. The first-order valence-electron chi connectivity index (χ1n) is 6.44. The molecule has 0 saturated heterocycles. The Kier molecular flexibility index (Phi) is 3.30. The first-order chi connectivity index (χ1) is 8.83. The quantitative estimate of drug-likeness (QED) is 0.773. The average molecular weight is 263 g/mol. The van der Waals surface area contributed by atoms with Crippen LogP contribution in [0.5, 0.6) is 11.5 Å². The van der Waals surface area contributed by atoms with E-state index in [4.69, 9.17) is 5.73 Å². The van der Waals surface area contributed by atoms with Crippen molar-refractivity contribution in [1.82, 2.24) is 4.90 Å². The van der Waals surface area contributed by atoms with Gasteiger partial charge in [-0.15, -0.1) is 0 Å². The lowest BCUT2D eigenvalue weighted by molar-refractivity contribution is 0.203. The van der Waals surface area contributed by atoms with E-state index in [1.54, 1.807) is 12.1 Å². The average Bonchev–Trinajstić information content (AvgIpc) is 2.57. The van der Waals surface area contributed by atoms with Gasteiger partial charge in [0, 0.05) is 12.6 Å². The molecule has 1 unspecified atom stereocenters. The Balaban J connectivity index is 2.40. The van der Waals surface area contributed by atoms with Crippen molar-refractivity contribution in [2.75, 3.05) is 13.1 Å². The number of guanidine groups is 1. The van der Waals surface area contributed by atoms with E-state index >= 15 is 0 Å². The maximum Gasteiger partial charge on any atom is 0.192 e. The van der Waals surface area contributed by atoms with Gasteiger partial charge in [0.1, 0.15) is 11.5 Å². The van der Waals surface area contributed by atoms with Gasteiger partial charge >= 0.3 is 0 Å². The van der Waals surface area contributed by atoms with Gasteiger partial charge in [-0.1, -0.05) is 13.8 Å². The molecule has 0 radical (unpaired) electrons. The Morgan fingerprint density at radius 1 is 1.32 bits per heavy atom. The summed E-state index contributed by atoms with van der Waals surface area (Å²) >= 11 is 0. The van der Waals surface area contributed by atoms with E-state index in [1.165, 1.54) is 6.07 Å². The van der Waals surface area contributed by atoms with Crippen molar-refractivity contribution < 1.29 is 10.2 Å². The van der Waals surface area contributed by atoms with Gasteiger partial charge in [0.15, 0.2) is 5.96 Å². The highest BCUT2D eigenvalue weighted by molar-refractivity contribution is 5.81. The molecular weight excluding hydrogens is 242 g/mol. The fraction of sp³-hybridized carbons (Fsp3) is 0.500. The van der Waals surface area contributed by atoms with Crippen LogP contribution in [-0.2, 0) is 5.54 Å². The van der Waals surface area contributed by atoms with Gasteiger partial charge in [0.2, 0.25) is 0 Å². The van der Waals surface area contributed by atoms with Crippen LogP contribution in [0.4, 0.5) is 0 Å². The molecular formula is C14H21N3O2. The number of hydrogen-bond acceptors (Lipinski definition) is 5. The molecule has 1 atom stereocenters. The molecule has 19 heavy (non-hydrogen) atoms. The number of benzene rings is 1. The Bertz CT molecular complexity index is 493. The molecule has 0 amide bonds. The molecule has 0 saturated carbocycles. The summed E-state index contributed by atoms with van der Waals surface area (Å²) < 4.78 is 0. The molecule has 1 aromatic rings. The van der Waals surface area contributed by atoms with E-state index < -0.39 is 5.54 Å². The Hall–Kier alpha value is -1.91. The predicted octanol–water partition coefficient (Wildman–Crippen LogP) is 1.60. The lowest BCUT2D eigenvalue weighted by atomic mass is 9.90. The van der Waals surface area contributed by atoms with Crippen LogP contribution in [0.25, 0.3) is 0 Å². The minimum atomic E-state index is -0.426. The Labute approximate surface area is 113 Å². The second-order valence-corrected chi connectivity index (χ2v) is 5.69. The zero-order chi connectivity index (χ0) is 14.2. The van der Waals surface area contributed by atoms with Crippen molar-refractivity contribution in [3.05, 3.63) is 23.8 Å². The highest BCUT2D eigenvalue weighted by Crippen LogP contribution is 2.36. The molecule has 0 bridgehead atoms. The van der Waals surface area contributed by atoms with Gasteiger partial charge in [-0.25, -0.2) is 0 Å². The summed E-state index contributed by atoms with van der Waals surface area (Å²) in [7, 11) is 0. The summed E-state index contributed by atoms with van der Waals surface area (Å²) in [6.45, 7) is 7.56. The van der Waals surface area contributed by atoms with Crippen LogP contribution in [0.1, 0.15) is 26.3 Å². The zero-order valence-electron chi connectivity index (χ0n) is 11.6. The SMILES string of the molecule is CC(C)CN1C(N)=NCC1(C)c1cc(O)cc(O)c1. The van der Waals surface area contributed by atoms with Crippen LogP contribution >= 0.6 is 0 Å². The molecule has 5 nitrogen and oxygen atoms in total. The van der Waals surface area contributed by atoms with Crippen LogP contribution in [0, 0.1) is 5.92 Å². The van der Waals surface area contributed by atoms with E-state index in [1.807, 2.05) is 11.8 Å². The number of phenols is 2. The van der Waals surface area contributed by atoms with Gasteiger partial charge in [0.05, 0.1) is 12.1 Å². The number of nitrogens with two attached hydrogens (primary N) is 1. The second kappa shape index (κ2) is 4.64. The van der Waals surface area contributed by atoms with E-state index in [2.05, 4.69) is 18.8 Å². The Morgan fingerprint density at radius 2 is 1.89 bits per heavy atom. The van der Waals surface area contributed by atoms with Crippen LogP contribution in [0.2, 0.25) is 0 Å². The molecule has 1 aromatic carbocycles. The predicted molar refractivity (Wildman–Crippen MR) is 75.2 cm³/mol. The van der Waals surface area contributed by atoms with Gasteiger partial charge in [-0.2, -0.15) is 0 Å². The number of nitrogens with zero attached hydrogens (tertiary/aromatic N) is 2. The largest absolute Gasteiger partial charge is 0.508 e. The minimum absolute atomic E-state index is 0.0474. The molecule has 4 N–H and O–H groups in total. The Morgan fingerprint density at radius 3 is 2.42 bits per heavy atom. The van der Waals surface area contributed by atoms with Crippen molar-refractivity contribution in [3.63, 3.8) is 0 Å². The molecule has 0 spiro atoms. The van der Waals surface area contributed by atoms with Gasteiger partial charge in [-0.3, -0.25) is 4.99 Å². The highest BCUT2D eigenvalue weighted by Gasteiger charge is 2.40.